The Kier molecular flexibility index (Phi) is 10.8. The van der Waals surface area contributed by atoms with Crippen molar-refractivity contribution in [1.29, 1.82) is 5.26 Å². The summed E-state index contributed by atoms with van der Waals surface area (Å²) in [6.07, 6.45) is 1.32. The Morgan fingerprint density at radius 3 is 2.50 bits per heavy atom. The number of benzene rings is 2. The third-order valence-electron chi connectivity index (χ3n) is 6.39. The summed E-state index contributed by atoms with van der Waals surface area (Å²) in [7, 11) is 1.75. The van der Waals surface area contributed by atoms with E-state index in [0.29, 0.717) is 37.2 Å². The van der Waals surface area contributed by atoms with Crippen molar-refractivity contribution >= 4 is 29.9 Å². The second kappa shape index (κ2) is 13.4. The molecule has 2 aromatic carbocycles. The van der Waals surface area contributed by atoms with E-state index in [1.165, 1.54) is 12.1 Å². The van der Waals surface area contributed by atoms with Gasteiger partial charge in [-0.3, -0.25) is 14.9 Å². The Hall–Kier alpha value is -2.99. The van der Waals surface area contributed by atoms with E-state index in [1.54, 1.807) is 35.0 Å². The summed E-state index contributed by atoms with van der Waals surface area (Å²) in [5, 5.41) is 15.6. The quantitative estimate of drug-likeness (QED) is 0.508. The summed E-state index contributed by atoms with van der Waals surface area (Å²) >= 11 is 0. The fraction of sp³-hybridized carbons (Fsp3) is 0.444. The summed E-state index contributed by atoms with van der Waals surface area (Å²) in [5.41, 5.74) is 4.09. The highest BCUT2D eigenvalue weighted by Gasteiger charge is 2.28. The van der Waals surface area contributed by atoms with Gasteiger partial charge < -0.3 is 15.1 Å². The normalized spacial score (nSPS) is 14.1. The fourth-order valence-corrected chi connectivity index (χ4v) is 4.35. The molecule has 0 saturated heterocycles. The standard InChI is InChI=1S/C27H34FN5O2.ClH/c1-18(2)31-9-10-33(25-11-20(15-29)6-5-19(25)3)27(35)17-30-16-26(34)32(4)24-13-21-7-8-23(28)12-22(21)14-24;/h5-8,11-12,18,24,30-31H,9-10,13-14,16-17H2,1-4H3;1H. The van der Waals surface area contributed by atoms with Crippen molar-refractivity contribution in [2.75, 3.05) is 38.1 Å². The number of carbonyl (C=O) groups excluding carboxylic acids is 2. The molecule has 7 nitrogen and oxygen atoms in total. The van der Waals surface area contributed by atoms with Crippen LogP contribution in [0.4, 0.5) is 10.1 Å². The number of fused-ring (bicyclic) bond motifs is 1. The van der Waals surface area contributed by atoms with Crippen LogP contribution in [0.1, 0.15) is 36.1 Å². The van der Waals surface area contributed by atoms with Gasteiger partial charge in [0.05, 0.1) is 24.7 Å². The lowest BCUT2D eigenvalue weighted by atomic mass is 10.1. The van der Waals surface area contributed by atoms with Crippen LogP contribution < -0.4 is 15.5 Å². The number of hydrogen-bond acceptors (Lipinski definition) is 5. The van der Waals surface area contributed by atoms with Gasteiger partial charge in [-0.2, -0.15) is 5.26 Å². The smallest absolute Gasteiger partial charge is 0.241 e. The molecule has 1 atom stereocenters. The molecular formula is C27H35ClFN5O2. The van der Waals surface area contributed by atoms with Crippen molar-refractivity contribution in [1.82, 2.24) is 15.5 Å². The monoisotopic (exact) mass is 515 g/mol. The maximum absolute atomic E-state index is 13.5. The zero-order chi connectivity index (χ0) is 25.5. The van der Waals surface area contributed by atoms with Gasteiger partial charge in [0, 0.05) is 37.9 Å². The average molecular weight is 516 g/mol. The number of anilines is 1. The molecule has 0 heterocycles. The lowest BCUT2D eigenvalue weighted by Crippen LogP contribution is -2.46. The van der Waals surface area contributed by atoms with Crippen molar-refractivity contribution in [2.24, 2.45) is 0 Å². The predicted octanol–water partition coefficient (Wildman–Crippen LogP) is 2.97. The molecule has 0 aliphatic heterocycles. The number of nitrogens with zero attached hydrogens (tertiary/aromatic N) is 3. The number of likely N-dealkylation sites (N-methyl/N-ethyl adjacent to an activating group) is 1. The number of amides is 2. The van der Waals surface area contributed by atoms with Crippen LogP contribution in [0.15, 0.2) is 36.4 Å². The van der Waals surface area contributed by atoms with Gasteiger partial charge in [0.25, 0.3) is 0 Å². The minimum atomic E-state index is -0.262. The first-order valence-corrected chi connectivity index (χ1v) is 12.0. The molecule has 2 amide bonds. The van der Waals surface area contributed by atoms with Crippen LogP contribution in [0.5, 0.6) is 0 Å². The number of nitrogens with one attached hydrogen (secondary N) is 2. The second-order valence-electron chi connectivity index (χ2n) is 9.35. The molecule has 36 heavy (non-hydrogen) atoms. The Morgan fingerprint density at radius 2 is 1.81 bits per heavy atom. The van der Waals surface area contributed by atoms with E-state index in [0.717, 1.165) is 16.7 Å². The van der Waals surface area contributed by atoms with Crippen LogP contribution >= 0.6 is 12.4 Å². The molecule has 0 aromatic heterocycles. The van der Waals surface area contributed by atoms with E-state index in [1.807, 2.05) is 26.8 Å². The van der Waals surface area contributed by atoms with E-state index < -0.39 is 0 Å². The van der Waals surface area contributed by atoms with E-state index in [4.69, 9.17) is 0 Å². The van der Waals surface area contributed by atoms with Gasteiger partial charge in [-0.15, -0.1) is 12.4 Å². The van der Waals surface area contributed by atoms with Crippen molar-refractivity contribution in [2.45, 2.75) is 45.7 Å². The number of aryl methyl sites for hydroxylation is 1. The van der Waals surface area contributed by atoms with Crippen molar-refractivity contribution in [3.63, 3.8) is 0 Å². The van der Waals surface area contributed by atoms with Crippen LogP contribution in [0.25, 0.3) is 0 Å². The van der Waals surface area contributed by atoms with Crippen molar-refractivity contribution in [3.8, 4) is 6.07 Å². The number of nitriles is 1. The minimum Gasteiger partial charge on any atom is -0.341 e. The Bertz CT molecular complexity index is 1120. The molecule has 1 unspecified atom stereocenters. The molecule has 1 aliphatic rings. The van der Waals surface area contributed by atoms with Gasteiger partial charge in [-0.05, 0) is 60.7 Å². The van der Waals surface area contributed by atoms with E-state index in [-0.39, 0.29) is 55.2 Å². The number of hydrogen-bond donors (Lipinski definition) is 2. The number of rotatable bonds is 10. The largest absolute Gasteiger partial charge is 0.341 e. The zero-order valence-electron chi connectivity index (χ0n) is 21.3. The van der Waals surface area contributed by atoms with Gasteiger partial charge in [-0.1, -0.05) is 26.0 Å². The second-order valence-corrected chi connectivity index (χ2v) is 9.35. The van der Waals surface area contributed by atoms with Gasteiger partial charge in [0.1, 0.15) is 5.82 Å². The van der Waals surface area contributed by atoms with Crippen LogP contribution in [0.3, 0.4) is 0 Å². The van der Waals surface area contributed by atoms with Gasteiger partial charge in [0.15, 0.2) is 0 Å². The lowest BCUT2D eigenvalue weighted by molar-refractivity contribution is -0.130. The molecule has 0 fully saturated rings. The minimum absolute atomic E-state index is 0. The highest BCUT2D eigenvalue weighted by molar-refractivity contribution is 5.96. The first-order chi connectivity index (χ1) is 16.7. The molecule has 194 valence electrons. The molecule has 9 heteroatoms. The summed E-state index contributed by atoms with van der Waals surface area (Å²) in [6.45, 7) is 7.05. The summed E-state index contributed by atoms with van der Waals surface area (Å²) < 4.78 is 13.5. The maximum atomic E-state index is 13.5. The van der Waals surface area contributed by atoms with Crippen LogP contribution in [0, 0.1) is 24.1 Å². The molecule has 1 aliphatic carbocycles. The predicted molar refractivity (Wildman–Crippen MR) is 142 cm³/mol. The molecule has 0 spiro atoms. The third kappa shape index (κ3) is 7.50. The fourth-order valence-electron chi connectivity index (χ4n) is 4.35. The van der Waals surface area contributed by atoms with Gasteiger partial charge in [-0.25, -0.2) is 4.39 Å². The first kappa shape index (κ1) is 29.2. The summed E-state index contributed by atoms with van der Waals surface area (Å²) in [6, 6.07) is 12.5. The van der Waals surface area contributed by atoms with Crippen molar-refractivity contribution < 1.29 is 14.0 Å². The highest BCUT2D eigenvalue weighted by atomic mass is 35.5. The van der Waals surface area contributed by atoms with E-state index in [2.05, 4.69) is 16.7 Å². The SMILES string of the molecule is Cc1ccc(C#N)cc1N(CCNC(C)C)C(=O)CNCC(=O)N(C)C1Cc2ccc(F)cc2C1.Cl. The van der Waals surface area contributed by atoms with E-state index in [9.17, 15) is 19.2 Å². The Morgan fingerprint density at radius 1 is 1.11 bits per heavy atom. The van der Waals surface area contributed by atoms with Crippen LogP contribution in [-0.2, 0) is 22.4 Å². The van der Waals surface area contributed by atoms with Gasteiger partial charge >= 0.3 is 0 Å². The molecule has 2 aromatic rings. The summed E-state index contributed by atoms with van der Waals surface area (Å²) in [4.78, 5) is 29.3. The lowest BCUT2D eigenvalue weighted by Gasteiger charge is -2.27. The Balaban J connectivity index is 0.00000456. The van der Waals surface area contributed by atoms with Crippen LogP contribution in [-0.4, -0.2) is 62.0 Å². The molecular weight excluding hydrogens is 481 g/mol. The topological polar surface area (TPSA) is 88.5 Å². The molecule has 2 N–H and O–H groups in total. The van der Waals surface area contributed by atoms with Crippen molar-refractivity contribution in [3.05, 3.63) is 64.5 Å². The third-order valence-corrected chi connectivity index (χ3v) is 6.39. The molecule has 0 bridgehead atoms. The average Bonchev–Trinajstić information content (AvgIpc) is 3.24. The number of halogens is 2. The molecule has 3 rings (SSSR count). The van der Waals surface area contributed by atoms with Gasteiger partial charge in [0.2, 0.25) is 11.8 Å². The molecule has 0 radical (unpaired) electrons. The highest BCUT2D eigenvalue weighted by Crippen LogP contribution is 2.26. The van der Waals surface area contributed by atoms with E-state index >= 15 is 0 Å². The number of carbonyl (C=O) groups is 2. The molecule has 0 saturated carbocycles. The zero-order valence-corrected chi connectivity index (χ0v) is 22.1. The maximum Gasteiger partial charge on any atom is 0.241 e. The van der Waals surface area contributed by atoms with Crippen LogP contribution in [0.2, 0.25) is 0 Å². The summed E-state index contributed by atoms with van der Waals surface area (Å²) in [5.74, 6) is -0.554. The Labute approximate surface area is 219 Å². The first-order valence-electron chi connectivity index (χ1n) is 12.0.